The molecule has 1 aromatic heterocycles. The van der Waals surface area contributed by atoms with E-state index in [-0.39, 0.29) is 11.5 Å². The van der Waals surface area contributed by atoms with Crippen molar-refractivity contribution in [3.8, 4) is 0 Å². The molecule has 4 rings (SSSR count). The van der Waals surface area contributed by atoms with Gasteiger partial charge in [-0.1, -0.05) is 6.92 Å². The Kier molecular flexibility index (Phi) is 4.37. The van der Waals surface area contributed by atoms with Crippen LogP contribution in [-0.2, 0) is 17.8 Å². The molecule has 0 atom stereocenters. The number of aryl methyl sites for hydroxylation is 2. The number of hydrogen-bond acceptors (Lipinski definition) is 4. The summed E-state index contributed by atoms with van der Waals surface area (Å²) in [5, 5.41) is 9.75. The summed E-state index contributed by atoms with van der Waals surface area (Å²) >= 11 is 0. The van der Waals surface area contributed by atoms with E-state index in [2.05, 4.69) is 4.90 Å². The van der Waals surface area contributed by atoms with Gasteiger partial charge in [0, 0.05) is 62.0 Å². The number of hydrogen-bond donors (Lipinski definition) is 1. The molecule has 1 fully saturated rings. The average molecular weight is 369 g/mol. The normalized spacial score (nSPS) is 16.2. The number of benzene rings is 1. The number of aromatic carboxylic acids is 1. The zero-order valence-electron chi connectivity index (χ0n) is 15.4. The summed E-state index contributed by atoms with van der Waals surface area (Å²) in [7, 11) is 0. The van der Waals surface area contributed by atoms with E-state index in [4.69, 9.17) is 0 Å². The summed E-state index contributed by atoms with van der Waals surface area (Å²) in [5.74, 6) is -0.966. The van der Waals surface area contributed by atoms with Gasteiger partial charge in [-0.15, -0.1) is 0 Å². The molecule has 0 unspecified atom stereocenters. The summed E-state index contributed by atoms with van der Waals surface area (Å²) in [5.41, 5.74) is 2.46. The van der Waals surface area contributed by atoms with E-state index in [1.165, 1.54) is 6.20 Å². The maximum absolute atomic E-state index is 12.5. The summed E-state index contributed by atoms with van der Waals surface area (Å²) in [6.07, 6.45) is 3.71. The number of piperazine rings is 1. The monoisotopic (exact) mass is 369 g/mol. The number of rotatable bonds is 4. The van der Waals surface area contributed by atoms with Gasteiger partial charge < -0.3 is 19.5 Å². The van der Waals surface area contributed by atoms with Crippen molar-refractivity contribution in [2.24, 2.45) is 0 Å². The first kappa shape index (κ1) is 17.6. The predicted octanol–water partition coefficient (Wildman–Crippen LogP) is 1.70. The van der Waals surface area contributed by atoms with Crippen LogP contribution in [0.1, 0.15) is 35.7 Å². The average Bonchev–Trinajstić information content (AvgIpc) is 3.09. The number of amides is 1. The fraction of sp³-hybridized carbons (Fsp3) is 0.450. The second kappa shape index (κ2) is 6.72. The van der Waals surface area contributed by atoms with E-state index < -0.39 is 11.4 Å². The minimum absolute atomic E-state index is 0.175. The molecule has 2 aliphatic heterocycles. The molecule has 1 N–H and O–H groups in total. The van der Waals surface area contributed by atoms with Gasteiger partial charge in [0.25, 0.3) is 0 Å². The highest BCUT2D eigenvalue weighted by atomic mass is 16.4. The highest BCUT2D eigenvalue weighted by molar-refractivity contribution is 5.95. The molecule has 0 saturated carbocycles. The Morgan fingerprint density at radius 3 is 2.52 bits per heavy atom. The van der Waals surface area contributed by atoms with Crippen LogP contribution in [0.3, 0.4) is 0 Å². The van der Waals surface area contributed by atoms with Crippen molar-refractivity contribution in [1.82, 2.24) is 9.47 Å². The molecule has 1 saturated heterocycles. The van der Waals surface area contributed by atoms with Gasteiger partial charge in [0.2, 0.25) is 11.3 Å². The lowest BCUT2D eigenvalue weighted by Gasteiger charge is -2.37. The first-order valence-electron chi connectivity index (χ1n) is 9.46. The number of anilines is 1. The second-order valence-electron chi connectivity index (χ2n) is 7.20. The third-order valence-corrected chi connectivity index (χ3v) is 5.59. The molecule has 7 nitrogen and oxygen atoms in total. The van der Waals surface area contributed by atoms with Gasteiger partial charge in [-0.3, -0.25) is 9.59 Å². The van der Waals surface area contributed by atoms with E-state index in [0.717, 1.165) is 42.7 Å². The van der Waals surface area contributed by atoms with Gasteiger partial charge in [0.1, 0.15) is 5.56 Å². The molecule has 3 heterocycles. The second-order valence-corrected chi connectivity index (χ2v) is 7.20. The largest absolute Gasteiger partial charge is 0.477 e. The van der Waals surface area contributed by atoms with Crippen LogP contribution in [-0.4, -0.2) is 52.6 Å². The van der Waals surface area contributed by atoms with Gasteiger partial charge in [0.15, 0.2) is 0 Å². The fourth-order valence-electron chi connectivity index (χ4n) is 4.23. The van der Waals surface area contributed by atoms with Gasteiger partial charge in [-0.2, -0.15) is 0 Å². The maximum atomic E-state index is 12.5. The van der Waals surface area contributed by atoms with Crippen molar-refractivity contribution < 1.29 is 14.7 Å². The van der Waals surface area contributed by atoms with Crippen molar-refractivity contribution >= 4 is 28.5 Å². The van der Waals surface area contributed by atoms with Crippen molar-refractivity contribution in [3.63, 3.8) is 0 Å². The SMILES string of the molecule is CCCC(=O)N1CCN(c2ccc3c(=O)c(C(=O)O)cn4c3c2CC4)CC1. The maximum Gasteiger partial charge on any atom is 0.341 e. The molecule has 2 aromatic rings. The van der Waals surface area contributed by atoms with Crippen LogP contribution in [0.5, 0.6) is 0 Å². The Labute approximate surface area is 156 Å². The molecule has 1 aromatic carbocycles. The molecule has 0 bridgehead atoms. The van der Waals surface area contributed by atoms with Crippen LogP contribution >= 0.6 is 0 Å². The van der Waals surface area contributed by atoms with Crippen molar-refractivity contribution in [1.29, 1.82) is 0 Å². The van der Waals surface area contributed by atoms with Crippen LogP contribution in [0.4, 0.5) is 5.69 Å². The zero-order chi connectivity index (χ0) is 19.1. The van der Waals surface area contributed by atoms with E-state index in [0.29, 0.717) is 31.4 Å². The minimum atomic E-state index is -1.18. The molecular weight excluding hydrogens is 346 g/mol. The van der Waals surface area contributed by atoms with Crippen LogP contribution in [0.2, 0.25) is 0 Å². The van der Waals surface area contributed by atoms with E-state index in [1.54, 1.807) is 6.07 Å². The molecule has 1 amide bonds. The predicted molar refractivity (Wildman–Crippen MR) is 103 cm³/mol. The molecule has 7 heteroatoms. The minimum Gasteiger partial charge on any atom is -0.477 e. The summed E-state index contributed by atoms with van der Waals surface area (Å²) in [4.78, 5) is 40.2. The first-order chi connectivity index (χ1) is 13.0. The van der Waals surface area contributed by atoms with E-state index in [1.807, 2.05) is 22.5 Å². The number of nitrogens with zero attached hydrogens (tertiary/aromatic N) is 3. The van der Waals surface area contributed by atoms with Gasteiger partial charge in [0.05, 0.1) is 5.52 Å². The van der Waals surface area contributed by atoms with Gasteiger partial charge in [-0.05, 0) is 25.0 Å². The van der Waals surface area contributed by atoms with E-state index >= 15 is 0 Å². The molecule has 0 spiro atoms. The van der Waals surface area contributed by atoms with Crippen molar-refractivity contribution in [3.05, 3.63) is 39.7 Å². The van der Waals surface area contributed by atoms with Gasteiger partial charge in [-0.25, -0.2) is 4.79 Å². The summed E-state index contributed by atoms with van der Waals surface area (Å²) in [6.45, 7) is 5.65. The third kappa shape index (κ3) is 2.87. The Morgan fingerprint density at radius 2 is 1.85 bits per heavy atom. The number of aromatic nitrogens is 1. The third-order valence-electron chi connectivity index (χ3n) is 5.59. The lowest BCUT2D eigenvalue weighted by molar-refractivity contribution is -0.131. The first-order valence-corrected chi connectivity index (χ1v) is 9.46. The van der Waals surface area contributed by atoms with Crippen molar-refractivity contribution in [2.45, 2.75) is 32.7 Å². The summed E-state index contributed by atoms with van der Waals surface area (Å²) in [6, 6.07) is 3.68. The highest BCUT2D eigenvalue weighted by Gasteiger charge is 2.27. The fourth-order valence-corrected chi connectivity index (χ4v) is 4.23. The Hall–Kier alpha value is -2.83. The van der Waals surface area contributed by atoms with Crippen LogP contribution in [0, 0.1) is 0 Å². The zero-order valence-corrected chi connectivity index (χ0v) is 15.4. The number of carboxylic acid groups (broad SMARTS) is 1. The molecule has 0 aliphatic carbocycles. The lowest BCUT2D eigenvalue weighted by atomic mass is 10.0. The van der Waals surface area contributed by atoms with Crippen molar-refractivity contribution in [2.75, 3.05) is 31.1 Å². The quantitative estimate of drug-likeness (QED) is 0.887. The molecule has 27 heavy (non-hydrogen) atoms. The molecule has 2 aliphatic rings. The number of carbonyl (C=O) groups excluding carboxylic acids is 1. The summed E-state index contributed by atoms with van der Waals surface area (Å²) < 4.78 is 1.89. The molecule has 142 valence electrons. The van der Waals surface area contributed by atoms with Crippen LogP contribution in [0.15, 0.2) is 23.1 Å². The molecule has 0 radical (unpaired) electrons. The molecular formula is C20H23N3O4. The topological polar surface area (TPSA) is 82.8 Å². The van der Waals surface area contributed by atoms with Gasteiger partial charge >= 0.3 is 5.97 Å². The van der Waals surface area contributed by atoms with Crippen LogP contribution < -0.4 is 10.3 Å². The van der Waals surface area contributed by atoms with E-state index in [9.17, 15) is 19.5 Å². The Morgan fingerprint density at radius 1 is 1.11 bits per heavy atom. The Balaban J connectivity index is 1.66. The smallest absolute Gasteiger partial charge is 0.341 e. The number of carboxylic acids is 1. The Bertz CT molecular complexity index is 987. The number of carbonyl (C=O) groups is 2. The number of pyridine rings is 1. The van der Waals surface area contributed by atoms with Crippen LogP contribution in [0.25, 0.3) is 10.9 Å². The lowest BCUT2D eigenvalue weighted by Crippen LogP contribution is -2.49. The highest BCUT2D eigenvalue weighted by Crippen LogP contribution is 2.33. The standard InChI is InChI=1S/C20H23N3O4/c1-2-3-17(24)22-10-8-21(9-11-22)16-5-4-14-18-13(16)6-7-23(18)12-15(19(14)25)20(26)27/h4-5,12H,2-3,6-11H2,1H3,(H,26,27).